The maximum absolute atomic E-state index is 12.5. The predicted molar refractivity (Wildman–Crippen MR) is 94.8 cm³/mol. The Morgan fingerprint density at radius 3 is 2.71 bits per heavy atom. The Kier molecular flexibility index (Phi) is 5.60. The summed E-state index contributed by atoms with van der Waals surface area (Å²) in [6.45, 7) is 2.02. The molecule has 0 saturated heterocycles. The lowest BCUT2D eigenvalue weighted by atomic mass is 9.94. The average Bonchev–Trinajstić information content (AvgIpc) is 3.23. The Balaban J connectivity index is 1.48. The molecule has 1 aliphatic rings. The average molecular weight is 347 g/mol. The van der Waals surface area contributed by atoms with Crippen molar-refractivity contribution in [2.75, 3.05) is 0 Å². The van der Waals surface area contributed by atoms with E-state index in [4.69, 9.17) is 0 Å². The zero-order valence-corrected chi connectivity index (χ0v) is 15.1. The van der Waals surface area contributed by atoms with Crippen molar-refractivity contribution < 1.29 is 4.79 Å². The molecule has 2 heterocycles. The number of aromatic nitrogens is 4. The third-order valence-electron chi connectivity index (χ3n) is 4.60. The molecule has 0 aliphatic heterocycles. The Labute approximate surface area is 147 Å². The molecule has 130 valence electrons. The third kappa shape index (κ3) is 4.01. The molecule has 1 aliphatic carbocycles. The lowest BCUT2D eigenvalue weighted by Crippen LogP contribution is -2.42. The van der Waals surface area contributed by atoms with E-state index in [1.54, 1.807) is 10.9 Å². The van der Waals surface area contributed by atoms with E-state index < -0.39 is 0 Å². The minimum atomic E-state index is -0.209. The fraction of sp³-hybridized carbons (Fsp3) is 0.588. The molecule has 0 radical (unpaired) electrons. The standard InChI is InChI=1S/C17H25N5OS/c1-3-15(22-11-4-9-19-22)16(23)20-13-5-7-14(8-6-13)24-17-18-10-12-21(17)2/h4,9-15H,3,5-8H2,1-2H3,(H,20,23). The molecule has 1 atom stereocenters. The van der Waals surface area contributed by atoms with Gasteiger partial charge in [-0.1, -0.05) is 18.7 Å². The number of amides is 1. The molecule has 0 bridgehead atoms. The van der Waals surface area contributed by atoms with Crippen molar-refractivity contribution in [2.24, 2.45) is 7.05 Å². The lowest BCUT2D eigenvalue weighted by molar-refractivity contribution is -0.125. The number of nitrogens with zero attached hydrogens (tertiary/aromatic N) is 4. The molecule has 6 nitrogen and oxygen atoms in total. The van der Waals surface area contributed by atoms with Gasteiger partial charge in [-0.3, -0.25) is 9.48 Å². The monoisotopic (exact) mass is 347 g/mol. The SMILES string of the molecule is CCC(C(=O)NC1CCC(Sc2nccn2C)CC1)n1cccn1. The van der Waals surface area contributed by atoms with E-state index in [0.29, 0.717) is 5.25 Å². The van der Waals surface area contributed by atoms with Crippen molar-refractivity contribution in [2.45, 2.75) is 61.5 Å². The zero-order valence-electron chi connectivity index (χ0n) is 14.3. The molecule has 1 unspecified atom stereocenters. The number of imidazole rings is 1. The van der Waals surface area contributed by atoms with Gasteiger partial charge in [-0.25, -0.2) is 4.98 Å². The van der Waals surface area contributed by atoms with Crippen LogP contribution in [0.2, 0.25) is 0 Å². The van der Waals surface area contributed by atoms with Gasteiger partial charge in [0.1, 0.15) is 6.04 Å². The highest BCUT2D eigenvalue weighted by molar-refractivity contribution is 7.99. The largest absolute Gasteiger partial charge is 0.352 e. The van der Waals surface area contributed by atoms with Gasteiger partial charge in [-0.05, 0) is 38.2 Å². The summed E-state index contributed by atoms with van der Waals surface area (Å²) in [7, 11) is 2.03. The third-order valence-corrected chi connectivity index (χ3v) is 6.01. The molecular formula is C17H25N5OS. The van der Waals surface area contributed by atoms with E-state index in [0.717, 1.165) is 37.3 Å². The normalized spacial score (nSPS) is 22.2. The first-order chi connectivity index (χ1) is 11.7. The van der Waals surface area contributed by atoms with Crippen molar-refractivity contribution >= 4 is 17.7 Å². The quantitative estimate of drug-likeness (QED) is 0.873. The molecule has 0 aromatic carbocycles. The van der Waals surface area contributed by atoms with Crippen LogP contribution in [-0.4, -0.2) is 36.5 Å². The van der Waals surface area contributed by atoms with Gasteiger partial charge in [0.05, 0.1) is 0 Å². The molecule has 0 spiro atoms. The smallest absolute Gasteiger partial charge is 0.245 e. The van der Waals surface area contributed by atoms with Crippen molar-refractivity contribution in [1.29, 1.82) is 0 Å². The number of rotatable bonds is 6. The Hall–Kier alpha value is -1.76. The first-order valence-corrected chi connectivity index (χ1v) is 9.48. The molecule has 24 heavy (non-hydrogen) atoms. The van der Waals surface area contributed by atoms with Crippen LogP contribution in [-0.2, 0) is 11.8 Å². The number of aryl methyl sites for hydroxylation is 1. The fourth-order valence-electron chi connectivity index (χ4n) is 3.19. The Morgan fingerprint density at radius 1 is 1.33 bits per heavy atom. The van der Waals surface area contributed by atoms with Crippen LogP contribution in [0.25, 0.3) is 0 Å². The first-order valence-electron chi connectivity index (χ1n) is 8.61. The second-order valence-electron chi connectivity index (χ2n) is 6.33. The highest BCUT2D eigenvalue weighted by Crippen LogP contribution is 2.32. The molecule has 1 amide bonds. The van der Waals surface area contributed by atoms with Crippen molar-refractivity contribution in [3.63, 3.8) is 0 Å². The number of hydrogen-bond donors (Lipinski definition) is 1. The van der Waals surface area contributed by atoms with Crippen LogP contribution in [0.3, 0.4) is 0 Å². The second-order valence-corrected chi connectivity index (χ2v) is 7.60. The highest BCUT2D eigenvalue weighted by Gasteiger charge is 2.26. The number of thioether (sulfide) groups is 1. The molecule has 1 N–H and O–H groups in total. The van der Waals surface area contributed by atoms with Crippen LogP contribution in [0, 0.1) is 0 Å². The summed E-state index contributed by atoms with van der Waals surface area (Å²) in [6, 6.07) is 1.93. The topological polar surface area (TPSA) is 64.7 Å². The van der Waals surface area contributed by atoms with Gasteiger partial charge in [0.25, 0.3) is 0 Å². The summed E-state index contributed by atoms with van der Waals surface area (Å²) in [5.41, 5.74) is 0. The van der Waals surface area contributed by atoms with E-state index in [1.807, 2.05) is 50.4 Å². The summed E-state index contributed by atoms with van der Waals surface area (Å²) < 4.78 is 3.81. The van der Waals surface area contributed by atoms with Gasteiger partial charge in [0.2, 0.25) is 5.91 Å². The number of carbonyl (C=O) groups is 1. The van der Waals surface area contributed by atoms with E-state index >= 15 is 0 Å². The number of nitrogens with one attached hydrogen (secondary N) is 1. The molecule has 1 fully saturated rings. The van der Waals surface area contributed by atoms with E-state index in [2.05, 4.69) is 20.0 Å². The summed E-state index contributed by atoms with van der Waals surface area (Å²) in [5, 5.41) is 9.09. The van der Waals surface area contributed by atoms with Gasteiger partial charge < -0.3 is 9.88 Å². The number of carbonyl (C=O) groups excluding carboxylic acids is 1. The fourth-order valence-corrected chi connectivity index (χ4v) is 4.35. The minimum Gasteiger partial charge on any atom is -0.352 e. The Bertz CT molecular complexity index is 646. The van der Waals surface area contributed by atoms with Crippen molar-refractivity contribution in [1.82, 2.24) is 24.6 Å². The van der Waals surface area contributed by atoms with E-state index in [-0.39, 0.29) is 18.0 Å². The summed E-state index contributed by atoms with van der Waals surface area (Å²) in [5.74, 6) is 0.0846. The van der Waals surface area contributed by atoms with Crippen LogP contribution in [0.15, 0.2) is 36.0 Å². The van der Waals surface area contributed by atoms with Crippen LogP contribution in [0.1, 0.15) is 45.1 Å². The van der Waals surface area contributed by atoms with Gasteiger partial charge >= 0.3 is 0 Å². The molecule has 1 saturated carbocycles. The van der Waals surface area contributed by atoms with E-state index in [9.17, 15) is 4.79 Å². The summed E-state index contributed by atoms with van der Waals surface area (Å²) >= 11 is 1.85. The van der Waals surface area contributed by atoms with Crippen molar-refractivity contribution in [3.8, 4) is 0 Å². The van der Waals surface area contributed by atoms with Gasteiger partial charge in [-0.2, -0.15) is 5.10 Å². The maximum atomic E-state index is 12.5. The maximum Gasteiger partial charge on any atom is 0.245 e. The van der Waals surface area contributed by atoms with Crippen LogP contribution in [0.4, 0.5) is 0 Å². The van der Waals surface area contributed by atoms with Crippen LogP contribution >= 0.6 is 11.8 Å². The molecular weight excluding hydrogens is 322 g/mol. The summed E-state index contributed by atoms with van der Waals surface area (Å²) in [4.78, 5) is 16.9. The van der Waals surface area contributed by atoms with Crippen LogP contribution in [0.5, 0.6) is 0 Å². The Morgan fingerprint density at radius 2 is 2.12 bits per heavy atom. The minimum absolute atomic E-state index is 0.0846. The van der Waals surface area contributed by atoms with Crippen LogP contribution < -0.4 is 5.32 Å². The van der Waals surface area contributed by atoms with E-state index in [1.165, 1.54) is 0 Å². The van der Waals surface area contributed by atoms with Gasteiger partial charge in [0.15, 0.2) is 5.16 Å². The lowest BCUT2D eigenvalue weighted by Gasteiger charge is -2.29. The highest BCUT2D eigenvalue weighted by atomic mass is 32.2. The molecule has 2 aromatic rings. The molecule has 2 aromatic heterocycles. The molecule has 3 rings (SSSR count). The molecule has 7 heteroatoms. The van der Waals surface area contributed by atoms with Gasteiger partial charge in [-0.15, -0.1) is 0 Å². The number of hydrogen-bond acceptors (Lipinski definition) is 4. The zero-order chi connectivity index (χ0) is 16.9. The predicted octanol–water partition coefficient (Wildman–Crippen LogP) is 2.79. The second kappa shape index (κ2) is 7.88. The first kappa shape index (κ1) is 17.1. The summed E-state index contributed by atoms with van der Waals surface area (Å²) in [6.07, 6.45) is 12.4. The van der Waals surface area contributed by atoms with Gasteiger partial charge in [0, 0.05) is 43.1 Å². The van der Waals surface area contributed by atoms with Crippen molar-refractivity contribution in [3.05, 3.63) is 30.9 Å².